The molecule has 2 heterocycles. The maximum Gasteiger partial charge on any atom is 0.336 e. The molecule has 0 aliphatic carbocycles. The van der Waals surface area contributed by atoms with Crippen LogP contribution in [0.1, 0.15) is 31.9 Å². The summed E-state index contributed by atoms with van der Waals surface area (Å²) >= 11 is 1.48. The Morgan fingerprint density at radius 2 is 1.87 bits per heavy atom. The molecule has 5 nitrogen and oxygen atoms in total. The number of aryl methyl sites for hydroxylation is 1. The van der Waals surface area contributed by atoms with Crippen LogP contribution in [0.5, 0.6) is 0 Å². The number of rotatable bonds is 6. The van der Waals surface area contributed by atoms with Crippen molar-refractivity contribution in [1.82, 2.24) is 9.55 Å². The van der Waals surface area contributed by atoms with Crippen molar-refractivity contribution in [1.29, 1.82) is 0 Å². The number of thioether (sulfide) groups is 1. The van der Waals surface area contributed by atoms with Crippen molar-refractivity contribution < 1.29 is 4.42 Å². The van der Waals surface area contributed by atoms with E-state index in [2.05, 4.69) is 26.8 Å². The third-order valence-electron chi connectivity index (χ3n) is 5.03. The lowest BCUT2D eigenvalue weighted by atomic mass is 10.1. The third kappa shape index (κ3) is 4.05. The third-order valence-corrected chi connectivity index (χ3v) is 6.06. The minimum atomic E-state index is -0.364. The fourth-order valence-corrected chi connectivity index (χ4v) is 4.54. The van der Waals surface area contributed by atoms with Crippen LogP contribution < -0.4 is 11.2 Å². The maximum atomic E-state index is 13.1. The van der Waals surface area contributed by atoms with Crippen LogP contribution in [0, 0.1) is 5.92 Å². The Hall–Kier alpha value is -2.86. The highest BCUT2D eigenvalue weighted by molar-refractivity contribution is 7.98. The van der Waals surface area contributed by atoms with Gasteiger partial charge in [0.25, 0.3) is 5.56 Å². The molecule has 0 amide bonds. The van der Waals surface area contributed by atoms with Crippen molar-refractivity contribution in [3.05, 3.63) is 80.4 Å². The highest BCUT2D eigenvalue weighted by Crippen LogP contribution is 2.27. The van der Waals surface area contributed by atoms with Gasteiger partial charge in [0, 0.05) is 23.8 Å². The lowest BCUT2D eigenvalue weighted by molar-refractivity contribution is 0.475. The number of nitrogens with zero attached hydrogens (tertiary/aromatic N) is 2. The Kier molecular flexibility index (Phi) is 5.77. The highest BCUT2D eigenvalue weighted by Gasteiger charge is 2.14. The lowest BCUT2D eigenvalue weighted by Gasteiger charge is -2.15. The predicted molar refractivity (Wildman–Crippen MR) is 122 cm³/mol. The quantitative estimate of drug-likeness (QED) is 0.249. The first-order valence-corrected chi connectivity index (χ1v) is 11.1. The average Bonchev–Trinajstić information content (AvgIpc) is 2.73. The van der Waals surface area contributed by atoms with Crippen LogP contribution in [0.3, 0.4) is 0 Å². The van der Waals surface area contributed by atoms with E-state index in [1.54, 1.807) is 4.57 Å². The van der Waals surface area contributed by atoms with Crippen molar-refractivity contribution in [3.8, 4) is 0 Å². The zero-order valence-corrected chi connectivity index (χ0v) is 18.2. The van der Waals surface area contributed by atoms with Crippen LogP contribution in [0.15, 0.2) is 67.7 Å². The monoisotopic (exact) mass is 420 g/mol. The van der Waals surface area contributed by atoms with Crippen LogP contribution >= 0.6 is 11.8 Å². The molecular formula is C24H24N2O3S. The summed E-state index contributed by atoms with van der Waals surface area (Å²) in [5, 5.41) is 2.21. The normalized spacial score (nSPS) is 11.6. The number of para-hydroxylation sites is 1. The van der Waals surface area contributed by atoms with Gasteiger partial charge in [-0.2, -0.15) is 0 Å². The molecule has 0 atom stereocenters. The first-order chi connectivity index (χ1) is 14.5. The summed E-state index contributed by atoms with van der Waals surface area (Å²) in [6.45, 7) is 6.82. The molecule has 0 aliphatic heterocycles. The lowest BCUT2D eigenvalue weighted by Crippen LogP contribution is -2.25. The molecule has 6 heteroatoms. The summed E-state index contributed by atoms with van der Waals surface area (Å²) in [5.74, 6) is 0.832. The van der Waals surface area contributed by atoms with Crippen LogP contribution in [-0.2, 0) is 18.7 Å². The smallest absolute Gasteiger partial charge is 0.336 e. The summed E-state index contributed by atoms with van der Waals surface area (Å²) in [7, 11) is 0. The second-order valence-electron chi connectivity index (χ2n) is 7.78. The number of fused-ring (bicyclic) bond motifs is 2. The molecule has 4 rings (SSSR count). The van der Waals surface area contributed by atoms with Gasteiger partial charge >= 0.3 is 5.63 Å². The van der Waals surface area contributed by atoms with E-state index >= 15 is 0 Å². The minimum Gasteiger partial charge on any atom is -0.423 e. The Bertz CT molecular complexity index is 1340. The van der Waals surface area contributed by atoms with Crippen molar-refractivity contribution in [2.24, 2.45) is 5.92 Å². The highest BCUT2D eigenvalue weighted by atomic mass is 32.2. The van der Waals surface area contributed by atoms with E-state index in [4.69, 9.17) is 9.40 Å². The Balaban J connectivity index is 1.76. The number of benzene rings is 2. The summed E-state index contributed by atoms with van der Waals surface area (Å²) in [6.07, 6.45) is 0.876. The molecule has 0 saturated heterocycles. The molecule has 0 bridgehead atoms. The minimum absolute atomic E-state index is 0.0261. The van der Waals surface area contributed by atoms with Crippen LogP contribution in [0.2, 0.25) is 0 Å². The molecule has 0 saturated carbocycles. The van der Waals surface area contributed by atoms with Gasteiger partial charge in [0.15, 0.2) is 5.16 Å². The predicted octanol–water partition coefficient (Wildman–Crippen LogP) is 5.01. The van der Waals surface area contributed by atoms with Gasteiger partial charge in [0.1, 0.15) is 5.58 Å². The van der Waals surface area contributed by atoms with Crippen molar-refractivity contribution >= 4 is 33.6 Å². The maximum absolute atomic E-state index is 13.1. The zero-order valence-electron chi connectivity index (χ0n) is 17.3. The van der Waals surface area contributed by atoms with Gasteiger partial charge in [-0.1, -0.05) is 56.8 Å². The van der Waals surface area contributed by atoms with E-state index in [9.17, 15) is 9.59 Å². The first kappa shape index (κ1) is 20.4. The summed E-state index contributed by atoms with van der Waals surface area (Å²) < 4.78 is 7.16. The average molecular weight is 421 g/mol. The summed E-state index contributed by atoms with van der Waals surface area (Å²) in [6, 6.07) is 14.9. The Morgan fingerprint density at radius 3 is 2.63 bits per heavy atom. The zero-order chi connectivity index (χ0) is 21.3. The van der Waals surface area contributed by atoms with E-state index < -0.39 is 0 Å². The van der Waals surface area contributed by atoms with E-state index in [0.29, 0.717) is 39.9 Å². The number of hydrogen-bond donors (Lipinski definition) is 0. The van der Waals surface area contributed by atoms with Crippen molar-refractivity contribution in [2.45, 2.75) is 44.6 Å². The van der Waals surface area contributed by atoms with E-state index in [0.717, 1.165) is 22.9 Å². The molecule has 30 heavy (non-hydrogen) atoms. The molecule has 4 aromatic rings. The van der Waals surface area contributed by atoms with Gasteiger partial charge < -0.3 is 4.42 Å². The summed E-state index contributed by atoms with van der Waals surface area (Å²) in [5.41, 5.74) is 2.91. The van der Waals surface area contributed by atoms with Gasteiger partial charge in [-0.15, -0.1) is 0 Å². The molecule has 0 radical (unpaired) electrons. The van der Waals surface area contributed by atoms with Gasteiger partial charge in [-0.05, 0) is 41.7 Å². The van der Waals surface area contributed by atoms with Crippen LogP contribution in [0.4, 0.5) is 0 Å². The molecule has 0 aliphatic rings. The Labute approximate surface area is 178 Å². The fourth-order valence-electron chi connectivity index (χ4n) is 3.54. The molecule has 2 aromatic heterocycles. The van der Waals surface area contributed by atoms with Crippen LogP contribution in [0.25, 0.3) is 21.9 Å². The Morgan fingerprint density at radius 1 is 1.07 bits per heavy atom. The van der Waals surface area contributed by atoms with Gasteiger partial charge in [0.2, 0.25) is 0 Å². The van der Waals surface area contributed by atoms with E-state index in [1.165, 1.54) is 17.8 Å². The fraction of sp³-hybridized carbons (Fsp3) is 0.292. The summed E-state index contributed by atoms with van der Waals surface area (Å²) in [4.78, 5) is 29.9. The standard InChI is InChI=1S/C24H24N2O3S/c1-4-16-9-10-18-17(12-22(27)29-21(18)11-16)14-30-24-25-20-8-6-5-7-19(20)23(28)26(24)13-15(2)3/h5-12,15H,4,13-14H2,1-3H3. The SMILES string of the molecule is CCc1ccc2c(CSc3nc4ccccc4c(=O)n3CC(C)C)cc(=O)oc2c1. The first-order valence-electron chi connectivity index (χ1n) is 10.1. The van der Waals surface area contributed by atoms with Gasteiger partial charge in [0.05, 0.1) is 10.9 Å². The number of hydrogen-bond acceptors (Lipinski definition) is 5. The van der Waals surface area contributed by atoms with E-state index in [1.807, 2.05) is 36.4 Å². The second-order valence-corrected chi connectivity index (χ2v) is 8.73. The van der Waals surface area contributed by atoms with Gasteiger partial charge in [-0.25, -0.2) is 9.78 Å². The topological polar surface area (TPSA) is 65.1 Å². The van der Waals surface area contributed by atoms with Crippen molar-refractivity contribution in [2.75, 3.05) is 0 Å². The van der Waals surface area contributed by atoms with Gasteiger partial charge in [-0.3, -0.25) is 9.36 Å². The molecule has 0 unspecified atom stereocenters. The molecule has 154 valence electrons. The molecule has 2 aromatic carbocycles. The van der Waals surface area contributed by atoms with E-state index in [-0.39, 0.29) is 11.2 Å². The van der Waals surface area contributed by atoms with Crippen LogP contribution in [-0.4, -0.2) is 9.55 Å². The second kappa shape index (κ2) is 8.48. The molecule has 0 fully saturated rings. The number of aromatic nitrogens is 2. The molecule has 0 spiro atoms. The largest absolute Gasteiger partial charge is 0.423 e. The van der Waals surface area contributed by atoms with Crippen molar-refractivity contribution in [3.63, 3.8) is 0 Å². The molecular weight excluding hydrogens is 396 g/mol. The molecule has 0 N–H and O–H groups in total.